The van der Waals surface area contributed by atoms with Gasteiger partial charge in [0.05, 0.1) is 6.04 Å². The second-order valence-electron chi connectivity index (χ2n) is 4.86. The van der Waals surface area contributed by atoms with Gasteiger partial charge in [-0.3, -0.25) is 0 Å². The first kappa shape index (κ1) is 13.1. The summed E-state index contributed by atoms with van der Waals surface area (Å²) < 4.78 is 5.88. The normalized spacial score (nSPS) is 12.0. The van der Waals surface area contributed by atoms with E-state index < -0.39 is 0 Å². The van der Waals surface area contributed by atoms with Gasteiger partial charge in [0.2, 0.25) is 0 Å². The SMILES string of the molecule is CC(c1cc2ccccc2o1)N(C)c1ccc(C#N)nn1. The number of rotatable bonds is 3. The molecule has 5 nitrogen and oxygen atoms in total. The Morgan fingerprint density at radius 3 is 2.67 bits per heavy atom. The summed E-state index contributed by atoms with van der Waals surface area (Å²) in [7, 11) is 1.92. The fraction of sp³-hybridized carbons (Fsp3) is 0.188. The van der Waals surface area contributed by atoms with E-state index in [-0.39, 0.29) is 6.04 Å². The summed E-state index contributed by atoms with van der Waals surface area (Å²) in [4.78, 5) is 1.96. The number of benzene rings is 1. The minimum absolute atomic E-state index is 0.0136. The average Bonchev–Trinajstić information content (AvgIpc) is 2.97. The maximum Gasteiger partial charge on any atom is 0.163 e. The number of hydrogen-bond donors (Lipinski definition) is 0. The van der Waals surface area contributed by atoms with Crippen LogP contribution in [0, 0.1) is 11.3 Å². The van der Waals surface area contributed by atoms with E-state index in [0.717, 1.165) is 16.7 Å². The molecule has 0 amide bonds. The molecule has 21 heavy (non-hydrogen) atoms. The van der Waals surface area contributed by atoms with Crippen molar-refractivity contribution < 1.29 is 4.42 Å². The minimum atomic E-state index is 0.0136. The molecule has 3 rings (SSSR count). The first-order valence-electron chi connectivity index (χ1n) is 6.64. The summed E-state index contributed by atoms with van der Waals surface area (Å²) in [6.45, 7) is 2.04. The second kappa shape index (κ2) is 5.25. The van der Waals surface area contributed by atoms with Gasteiger partial charge in [-0.1, -0.05) is 18.2 Å². The quantitative estimate of drug-likeness (QED) is 0.735. The zero-order chi connectivity index (χ0) is 14.8. The van der Waals surface area contributed by atoms with Crippen molar-refractivity contribution in [3.05, 3.63) is 53.9 Å². The molecule has 0 aliphatic carbocycles. The highest BCUT2D eigenvalue weighted by molar-refractivity contribution is 5.77. The molecule has 1 aromatic carbocycles. The van der Waals surface area contributed by atoms with Gasteiger partial charge in [-0.2, -0.15) is 5.26 Å². The Hall–Kier alpha value is -2.87. The molecule has 2 heterocycles. The van der Waals surface area contributed by atoms with Crippen LogP contribution in [0.4, 0.5) is 5.82 Å². The molecule has 3 aromatic rings. The van der Waals surface area contributed by atoms with E-state index in [9.17, 15) is 0 Å². The summed E-state index contributed by atoms with van der Waals surface area (Å²) in [5, 5.41) is 17.8. The smallest absolute Gasteiger partial charge is 0.163 e. The predicted molar refractivity (Wildman–Crippen MR) is 79.8 cm³/mol. The predicted octanol–water partition coefficient (Wildman–Crippen LogP) is 3.29. The summed E-state index contributed by atoms with van der Waals surface area (Å²) in [6.07, 6.45) is 0. The van der Waals surface area contributed by atoms with Crippen LogP contribution in [-0.2, 0) is 0 Å². The average molecular weight is 278 g/mol. The number of fused-ring (bicyclic) bond motifs is 1. The molecular weight excluding hydrogens is 264 g/mol. The van der Waals surface area contributed by atoms with Gasteiger partial charge in [-0.05, 0) is 31.2 Å². The number of aromatic nitrogens is 2. The molecule has 104 valence electrons. The van der Waals surface area contributed by atoms with Crippen molar-refractivity contribution in [1.29, 1.82) is 5.26 Å². The van der Waals surface area contributed by atoms with Crippen LogP contribution in [0.15, 0.2) is 46.9 Å². The molecule has 0 aliphatic rings. The number of furan rings is 1. The van der Waals surface area contributed by atoms with Crippen molar-refractivity contribution in [2.24, 2.45) is 0 Å². The van der Waals surface area contributed by atoms with Crippen LogP contribution in [0.2, 0.25) is 0 Å². The molecule has 0 fully saturated rings. The van der Waals surface area contributed by atoms with Crippen molar-refractivity contribution in [1.82, 2.24) is 10.2 Å². The fourth-order valence-electron chi connectivity index (χ4n) is 2.17. The van der Waals surface area contributed by atoms with Crippen LogP contribution >= 0.6 is 0 Å². The number of anilines is 1. The Balaban J connectivity index is 1.89. The number of nitriles is 1. The molecule has 0 saturated carbocycles. The van der Waals surface area contributed by atoms with Crippen molar-refractivity contribution in [2.75, 3.05) is 11.9 Å². The Bertz CT molecular complexity index is 768. The third-order valence-corrected chi connectivity index (χ3v) is 3.56. The van der Waals surface area contributed by atoms with Crippen LogP contribution in [0.1, 0.15) is 24.4 Å². The number of para-hydroxylation sites is 1. The van der Waals surface area contributed by atoms with Crippen molar-refractivity contribution >= 4 is 16.8 Å². The van der Waals surface area contributed by atoms with Crippen molar-refractivity contribution in [3.8, 4) is 6.07 Å². The van der Waals surface area contributed by atoms with Gasteiger partial charge in [0.25, 0.3) is 0 Å². The molecule has 1 atom stereocenters. The van der Waals surface area contributed by atoms with E-state index in [1.54, 1.807) is 12.1 Å². The van der Waals surface area contributed by atoms with Crippen LogP contribution in [0.25, 0.3) is 11.0 Å². The van der Waals surface area contributed by atoms with Crippen LogP contribution in [0.3, 0.4) is 0 Å². The van der Waals surface area contributed by atoms with Crippen molar-refractivity contribution in [3.63, 3.8) is 0 Å². The molecular formula is C16H14N4O. The Morgan fingerprint density at radius 2 is 2.00 bits per heavy atom. The van der Waals surface area contributed by atoms with Crippen molar-refractivity contribution in [2.45, 2.75) is 13.0 Å². The van der Waals surface area contributed by atoms with Gasteiger partial charge in [0.1, 0.15) is 17.4 Å². The number of hydrogen-bond acceptors (Lipinski definition) is 5. The fourth-order valence-corrected chi connectivity index (χ4v) is 2.17. The molecule has 0 spiro atoms. The van der Waals surface area contributed by atoms with Gasteiger partial charge in [0.15, 0.2) is 11.5 Å². The summed E-state index contributed by atoms with van der Waals surface area (Å²) in [5.41, 5.74) is 1.18. The highest BCUT2D eigenvalue weighted by Gasteiger charge is 2.18. The lowest BCUT2D eigenvalue weighted by molar-refractivity contribution is 0.500. The Kier molecular flexibility index (Phi) is 3.28. The van der Waals surface area contributed by atoms with E-state index in [1.807, 2.05) is 55.3 Å². The Labute approximate surface area is 122 Å². The third kappa shape index (κ3) is 2.43. The lowest BCUT2D eigenvalue weighted by atomic mass is 10.2. The zero-order valence-electron chi connectivity index (χ0n) is 11.8. The maximum absolute atomic E-state index is 8.75. The molecule has 0 saturated heterocycles. The molecule has 0 radical (unpaired) electrons. The third-order valence-electron chi connectivity index (χ3n) is 3.56. The largest absolute Gasteiger partial charge is 0.459 e. The summed E-state index contributed by atoms with van der Waals surface area (Å²) >= 11 is 0. The van der Waals surface area contributed by atoms with E-state index in [2.05, 4.69) is 10.2 Å². The van der Waals surface area contributed by atoms with Crippen LogP contribution < -0.4 is 4.90 Å². The van der Waals surface area contributed by atoms with E-state index in [4.69, 9.17) is 9.68 Å². The highest BCUT2D eigenvalue weighted by Crippen LogP contribution is 2.28. The van der Waals surface area contributed by atoms with Gasteiger partial charge >= 0.3 is 0 Å². The molecule has 0 aliphatic heterocycles. The van der Waals surface area contributed by atoms with Gasteiger partial charge in [-0.25, -0.2) is 0 Å². The highest BCUT2D eigenvalue weighted by atomic mass is 16.3. The lowest BCUT2D eigenvalue weighted by Gasteiger charge is -2.23. The topological polar surface area (TPSA) is 66.0 Å². The van der Waals surface area contributed by atoms with Crippen LogP contribution in [0.5, 0.6) is 0 Å². The monoisotopic (exact) mass is 278 g/mol. The second-order valence-corrected chi connectivity index (χ2v) is 4.86. The Morgan fingerprint density at radius 1 is 1.19 bits per heavy atom. The first-order chi connectivity index (χ1) is 10.2. The summed E-state index contributed by atoms with van der Waals surface area (Å²) in [6, 6.07) is 15.4. The standard InChI is InChI=1S/C16H14N4O/c1-11(15-9-12-5-3-4-6-14(12)21-15)20(2)16-8-7-13(10-17)18-19-16/h3-9,11H,1-2H3. The van der Waals surface area contributed by atoms with Gasteiger partial charge in [0, 0.05) is 12.4 Å². The first-order valence-corrected chi connectivity index (χ1v) is 6.64. The molecule has 1 unspecified atom stereocenters. The molecule has 0 bridgehead atoms. The molecule has 0 N–H and O–H groups in total. The lowest BCUT2D eigenvalue weighted by Crippen LogP contribution is -2.22. The van der Waals surface area contributed by atoms with E-state index >= 15 is 0 Å². The van der Waals surface area contributed by atoms with E-state index in [1.165, 1.54) is 0 Å². The maximum atomic E-state index is 8.75. The minimum Gasteiger partial charge on any atom is -0.459 e. The van der Waals surface area contributed by atoms with E-state index in [0.29, 0.717) is 11.5 Å². The molecule has 2 aromatic heterocycles. The number of nitrogens with zero attached hydrogens (tertiary/aromatic N) is 4. The van der Waals surface area contributed by atoms with Crippen LogP contribution in [-0.4, -0.2) is 17.2 Å². The summed E-state index contributed by atoms with van der Waals surface area (Å²) in [5.74, 6) is 1.56. The van der Waals surface area contributed by atoms with Gasteiger partial charge < -0.3 is 9.32 Å². The van der Waals surface area contributed by atoms with Gasteiger partial charge in [-0.15, -0.1) is 10.2 Å². The molecule has 5 heteroatoms. The zero-order valence-corrected chi connectivity index (χ0v) is 11.8.